The number of urea groups is 1. The Hall–Kier alpha value is -1.93. The van der Waals surface area contributed by atoms with Gasteiger partial charge in [-0.05, 0) is 42.5 Å². The summed E-state index contributed by atoms with van der Waals surface area (Å²) in [6, 6.07) is 11.5. The average Bonchev–Trinajstić information content (AvgIpc) is 2.97. The maximum Gasteiger partial charge on any atom is 0.329 e. The predicted molar refractivity (Wildman–Crippen MR) is 97.1 cm³/mol. The van der Waals surface area contributed by atoms with E-state index in [-0.39, 0.29) is 17.5 Å². The van der Waals surface area contributed by atoms with Crippen LogP contribution >= 0.6 is 15.9 Å². The Bertz CT molecular complexity index is 949. The SMILES string of the molecule is O=C1N(c2ccc(F)cc2)[C@@H]2CS(=O)(=O)C[C@@H]2N1c1cccc(Br)c1. The molecule has 2 heterocycles. The van der Waals surface area contributed by atoms with Crippen LogP contribution in [0.1, 0.15) is 0 Å². The molecule has 4 rings (SSSR count). The van der Waals surface area contributed by atoms with Crippen molar-refractivity contribution in [1.82, 2.24) is 0 Å². The lowest BCUT2D eigenvalue weighted by Crippen LogP contribution is -2.37. The first kappa shape index (κ1) is 16.5. The Morgan fingerprint density at radius 2 is 1.56 bits per heavy atom. The zero-order valence-corrected chi connectivity index (χ0v) is 15.4. The zero-order valence-electron chi connectivity index (χ0n) is 13.0. The van der Waals surface area contributed by atoms with Crippen LogP contribution in [-0.2, 0) is 9.84 Å². The molecule has 2 fully saturated rings. The van der Waals surface area contributed by atoms with Crippen LogP contribution in [0.4, 0.5) is 20.6 Å². The van der Waals surface area contributed by atoms with E-state index < -0.39 is 27.7 Å². The summed E-state index contributed by atoms with van der Waals surface area (Å²) in [5.74, 6) is -0.575. The average molecular weight is 425 g/mol. The fourth-order valence-electron chi connectivity index (χ4n) is 3.54. The smallest absolute Gasteiger partial charge is 0.288 e. The monoisotopic (exact) mass is 424 g/mol. The highest BCUT2D eigenvalue weighted by Gasteiger charge is 2.54. The van der Waals surface area contributed by atoms with Crippen molar-refractivity contribution in [2.45, 2.75) is 12.1 Å². The second-order valence-corrected chi connectivity index (χ2v) is 9.26. The van der Waals surface area contributed by atoms with Crippen LogP contribution < -0.4 is 9.80 Å². The van der Waals surface area contributed by atoms with Crippen molar-refractivity contribution in [2.24, 2.45) is 0 Å². The second-order valence-electron chi connectivity index (χ2n) is 6.19. The molecule has 0 aromatic heterocycles. The molecule has 2 aliphatic rings. The van der Waals surface area contributed by atoms with Crippen LogP contribution in [0.15, 0.2) is 53.0 Å². The molecule has 2 saturated heterocycles. The summed E-state index contributed by atoms with van der Waals surface area (Å²) in [4.78, 5) is 16.1. The van der Waals surface area contributed by atoms with Gasteiger partial charge in [0.25, 0.3) is 0 Å². The molecule has 0 unspecified atom stereocenters. The highest BCUT2D eigenvalue weighted by Crippen LogP contribution is 2.38. The molecule has 0 saturated carbocycles. The van der Waals surface area contributed by atoms with E-state index in [1.165, 1.54) is 34.1 Å². The quantitative estimate of drug-likeness (QED) is 0.695. The Morgan fingerprint density at radius 1 is 0.960 bits per heavy atom. The van der Waals surface area contributed by atoms with Crippen LogP contribution in [0.25, 0.3) is 0 Å². The van der Waals surface area contributed by atoms with Gasteiger partial charge in [-0.3, -0.25) is 9.80 Å². The van der Waals surface area contributed by atoms with Gasteiger partial charge < -0.3 is 0 Å². The topological polar surface area (TPSA) is 57.7 Å². The van der Waals surface area contributed by atoms with Gasteiger partial charge in [0.2, 0.25) is 0 Å². The fraction of sp³-hybridized carbons (Fsp3) is 0.235. The van der Waals surface area contributed by atoms with E-state index in [2.05, 4.69) is 15.9 Å². The number of nitrogens with zero attached hydrogens (tertiary/aromatic N) is 2. The standard InChI is InChI=1S/C17H14BrFN2O3S/c18-11-2-1-3-14(8-11)21-16-10-25(23,24)9-15(16)20(17(21)22)13-6-4-12(19)5-7-13/h1-8,15-16H,9-10H2/t15-,16+/m1/s1. The Balaban J connectivity index is 1.81. The molecule has 130 valence electrons. The van der Waals surface area contributed by atoms with Gasteiger partial charge in [-0.15, -0.1) is 0 Å². The minimum Gasteiger partial charge on any atom is -0.288 e. The molecule has 0 spiro atoms. The molecule has 2 aromatic carbocycles. The molecule has 2 atom stereocenters. The lowest BCUT2D eigenvalue weighted by Gasteiger charge is -2.22. The maximum absolute atomic E-state index is 13.2. The molecule has 0 aliphatic carbocycles. The van der Waals surface area contributed by atoms with Gasteiger partial charge in [-0.1, -0.05) is 22.0 Å². The molecule has 2 aromatic rings. The molecule has 0 bridgehead atoms. The van der Waals surface area contributed by atoms with E-state index in [0.717, 1.165) is 4.47 Å². The van der Waals surface area contributed by atoms with Crippen molar-refractivity contribution in [3.8, 4) is 0 Å². The first-order valence-corrected chi connectivity index (χ1v) is 10.3. The third kappa shape index (κ3) is 2.83. The summed E-state index contributed by atoms with van der Waals surface area (Å²) in [6.45, 7) is 0. The van der Waals surface area contributed by atoms with Crippen molar-refractivity contribution < 1.29 is 17.6 Å². The minimum absolute atomic E-state index is 0.0758. The molecular formula is C17H14BrFN2O3S. The minimum atomic E-state index is -3.25. The first-order valence-electron chi connectivity index (χ1n) is 7.70. The van der Waals surface area contributed by atoms with Crippen molar-refractivity contribution in [3.05, 3.63) is 58.8 Å². The van der Waals surface area contributed by atoms with Crippen LogP contribution in [0.2, 0.25) is 0 Å². The number of fused-ring (bicyclic) bond motifs is 1. The van der Waals surface area contributed by atoms with E-state index >= 15 is 0 Å². The van der Waals surface area contributed by atoms with Gasteiger partial charge >= 0.3 is 6.03 Å². The highest BCUT2D eigenvalue weighted by molar-refractivity contribution is 9.10. The lowest BCUT2D eigenvalue weighted by molar-refractivity contribution is 0.255. The number of rotatable bonds is 2. The van der Waals surface area contributed by atoms with Gasteiger partial charge in [0, 0.05) is 15.8 Å². The van der Waals surface area contributed by atoms with Crippen molar-refractivity contribution in [1.29, 1.82) is 0 Å². The van der Waals surface area contributed by atoms with Crippen molar-refractivity contribution in [2.75, 3.05) is 21.3 Å². The van der Waals surface area contributed by atoms with Gasteiger partial charge in [0.1, 0.15) is 5.82 Å². The molecule has 0 N–H and O–H groups in total. The van der Waals surface area contributed by atoms with Gasteiger partial charge in [0.05, 0.1) is 23.6 Å². The molecular weight excluding hydrogens is 411 g/mol. The zero-order chi connectivity index (χ0) is 17.8. The summed E-state index contributed by atoms with van der Waals surface area (Å²) in [7, 11) is -3.25. The van der Waals surface area contributed by atoms with E-state index in [1.807, 2.05) is 6.07 Å². The maximum atomic E-state index is 13.2. The number of hydrogen-bond acceptors (Lipinski definition) is 3. The molecule has 8 heteroatoms. The number of hydrogen-bond donors (Lipinski definition) is 0. The molecule has 2 amide bonds. The van der Waals surface area contributed by atoms with E-state index in [9.17, 15) is 17.6 Å². The van der Waals surface area contributed by atoms with Crippen molar-refractivity contribution >= 4 is 43.2 Å². The largest absolute Gasteiger partial charge is 0.329 e. The Kier molecular flexibility index (Phi) is 3.84. The molecule has 5 nitrogen and oxygen atoms in total. The van der Waals surface area contributed by atoms with E-state index in [1.54, 1.807) is 18.2 Å². The lowest BCUT2D eigenvalue weighted by atomic mass is 10.1. The number of carbonyl (C=O) groups is 1. The van der Waals surface area contributed by atoms with Gasteiger partial charge in [-0.2, -0.15) is 0 Å². The summed E-state index contributed by atoms with van der Waals surface area (Å²) < 4.78 is 38.4. The van der Waals surface area contributed by atoms with Crippen LogP contribution in [0.5, 0.6) is 0 Å². The Morgan fingerprint density at radius 3 is 2.16 bits per heavy atom. The molecule has 2 aliphatic heterocycles. The fourth-order valence-corrected chi connectivity index (χ4v) is 5.84. The number of carbonyl (C=O) groups excluding carboxylic acids is 1. The number of benzene rings is 2. The predicted octanol–water partition coefficient (Wildman–Crippen LogP) is 3.20. The number of sulfone groups is 1. The second kappa shape index (κ2) is 5.81. The number of amides is 2. The normalized spacial score (nSPS) is 24.6. The molecule has 0 radical (unpaired) electrons. The van der Waals surface area contributed by atoms with Gasteiger partial charge in [0.15, 0.2) is 9.84 Å². The third-order valence-corrected chi connectivity index (χ3v) is 6.75. The summed E-state index contributed by atoms with van der Waals surface area (Å²) in [5, 5.41) is 0. The number of halogens is 2. The van der Waals surface area contributed by atoms with Crippen molar-refractivity contribution in [3.63, 3.8) is 0 Å². The van der Waals surface area contributed by atoms with Crippen LogP contribution in [0.3, 0.4) is 0 Å². The van der Waals surface area contributed by atoms with Crippen LogP contribution in [-0.4, -0.2) is 38.0 Å². The van der Waals surface area contributed by atoms with E-state index in [4.69, 9.17) is 0 Å². The Labute approximate surface area is 153 Å². The molecule has 25 heavy (non-hydrogen) atoms. The summed E-state index contributed by atoms with van der Waals surface area (Å²) in [6.07, 6.45) is 0. The van der Waals surface area contributed by atoms with Crippen LogP contribution in [0, 0.1) is 5.82 Å². The summed E-state index contributed by atoms with van der Waals surface area (Å²) >= 11 is 3.38. The number of anilines is 2. The van der Waals surface area contributed by atoms with Gasteiger partial charge in [-0.25, -0.2) is 17.6 Å². The summed E-state index contributed by atoms with van der Waals surface area (Å²) in [5.41, 5.74) is 1.13. The first-order chi connectivity index (χ1) is 11.9. The third-order valence-electron chi connectivity index (χ3n) is 4.56. The van der Waals surface area contributed by atoms with E-state index in [0.29, 0.717) is 11.4 Å². The highest BCUT2D eigenvalue weighted by atomic mass is 79.9.